The van der Waals surface area contributed by atoms with Gasteiger partial charge in [-0.1, -0.05) is 12.1 Å². The third kappa shape index (κ3) is 3.05. The summed E-state index contributed by atoms with van der Waals surface area (Å²) >= 11 is 0. The molecule has 2 bridgehead atoms. The maximum atomic E-state index is 12.8. The van der Waals surface area contributed by atoms with Crippen molar-refractivity contribution < 1.29 is 14.3 Å². The van der Waals surface area contributed by atoms with E-state index >= 15 is 0 Å². The average Bonchev–Trinajstić information content (AvgIpc) is 3.31. The van der Waals surface area contributed by atoms with E-state index in [1.807, 2.05) is 24.3 Å². The van der Waals surface area contributed by atoms with Gasteiger partial charge in [0.05, 0.1) is 18.7 Å². The van der Waals surface area contributed by atoms with Gasteiger partial charge in [0.15, 0.2) is 0 Å². The van der Waals surface area contributed by atoms with Crippen LogP contribution in [0, 0.1) is 17.8 Å². The van der Waals surface area contributed by atoms with Crippen LogP contribution in [0.1, 0.15) is 25.7 Å². The van der Waals surface area contributed by atoms with E-state index in [0.717, 1.165) is 24.9 Å². The highest BCUT2D eigenvalue weighted by atomic mass is 35.5. The topological polar surface area (TPSA) is 84.7 Å². The molecule has 0 radical (unpaired) electrons. The Morgan fingerprint density at radius 1 is 1.23 bits per heavy atom. The number of hydrogen-bond acceptors (Lipinski definition) is 4. The number of hydrogen-bond donors (Lipinski definition) is 2. The van der Waals surface area contributed by atoms with Crippen LogP contribution in [-0.2, 0) is 9.59 Å². The highest BCUT2D eigenvalue weighted by Crippen LogP contribution is 2.47. The van der Waals surface area contributed by atoms with Gasteiger partial charge in [-0.2, -0.15) is 0 Å². The van der Waals surface area contributed by atoms with Crippen LogP contribution < -0.4 is 20.7 Å². The lowest BCUT2D eigenvalue weighted by molar-refractivity contribution is -0.130. The van der Waals surface area contributed by atoms with Crippen molar-refractivity contribution >= 4 is 29.9 Å². The van der Waals surface area contributed by atoms with Gasteiger partial charge < -0.3 is 20.7 Å². The van der Waals surface area contributed by atoms with E-state index in [9.17, 15) is 9.59 Å². The number of benzene rings is 1. The van der Waals surface area contributed by atoms with Gasteiger partial charge in [-0.05, 0) is 49.7 Å². The Bertz CT molecular complexity index is 696. The van der Waals surface area contributed by atoms with Crippen LogP contribution in [0.4, 0.5) is 5.69 Å². The summed E-state index contributed by atoms with van der Waals surface area (Å²) in [6.45, 7) is 0.576. The van der Waals surface area contributed by atoms with Gasteiger partial charge in [-0.3, -0.25) is 9.59 Å². The summed E-state index contributed by atoms with van der Waals surface area (Å²) in [4.78, 5) is 27.2. The molecule has 4 rings (SSSR count). The van der Waals surface area contributed by atoms with E-state index < -0.39 is 6.04 Å². The molecule has 26 heavy (non-hydrogen) atoms. The summed E-state index contributed by atoms with van der Waals surface area (Å²) in [5.74, 6) is 1.28. The SMILES string of the molecule is COc1ccccc1N1CCC(NC(=O)C2C3CCC(C3)C2N)C1=O.Cl. The Morgan fingerprint density at radius 2 is 1.96 bits per heavy atom. The van der Waals surface area contributed by atoms with Crippen LogP contribution in [0.3, 0.4) is 0 Å². The van der Waals surface area contributed by atoms with Crippen LogP contribution in [-0.4, -0.2) is 37.6 Å². The van der Waals surface area contributed by atoms with Crippen molar-refractivity contribution in [1.82, 2.24) is 5.32 Å². The number of nitrogens with zero attached hydrogens (tertiary/aromatic N) is 1. The number of amides is 2. The molecule has 0 aromatic heterocycles. The number of carbonyl (C=O) groups excluding carboxylic acids is 2. The Morgan fingerprint density at radius 3 is 2.65 bits per heavy atom. The number of carbonyl (C=O) groups is 2. The van der Waals surface area contributed by atoms with Gasteiger partial charge in [0.1, 0.15) is 11.8 Å². The van der Waals surface area contributed by atoms with Crippen LogP contribution in [0.5, 0.6) is 5.75 Å². The first-order valence-corrected chi connectivity index (χ1v) is 9.10. The van der Waals surface area contributed by atoms with Gasteiger partial charge in [0.25, 0.3) is 0 Å². The van der Waals surface area contributed by atoms with Crippen LogP contribution in [0.25, 0.3) is 0 Å². The number of para-hydroxylation sites is 2. The minimum absolute atomic E-state index is 0. The summed E-state index contributed by atoms with van der Waals surface area (Å²) in [6, 6.07) is 6.93. The lowest BCUT2D eigenvalue weighted by atomic mass is 9.84. The molecule has 1 heterocycles. The summed E-state index contributed by atoms with van der Waals surface area (Å²) in [6.07, 6.45) is 3.89. The van der Waals surface area contributed by atoms with Gasteiger partial charge in [-0.15, -0.1) is 12.4 Å². The molecule has 5 atom stereocenters. The van der Waals surface area contributed by atoms with Crippen LogP contribution >= 0.6 is 12.4 Å². The molecule has 1 aromatic carbocycles. The molecule has 6 nitrogen and oxygen atoms in total. The van der Waals surface area contributed by atoms with Crippen LogP contribution in [0.2, 0.25) is 0 Å². The zero-order chi connectivity index (χ0) is 17.6. The zero-order valence-electron chi connectivity index (χ0n) is 14.9. The summed E-state index contributed by atoms with van der Waals surface area (Å²) in [7, 11) is 1.59. The van der Waals surface area contributed by atoms with Crippen molar-refractivity contribution in [3.05, 3.63) is 24.3 Å². The van der Waals surface area contributed by atoms with Crippen molar-refractivity contribution in [1.29, 1.82) is 0 Å². The summed E-state index contributed by atoms with van der Waals surface area (Å²) < 4.78 is 5.35. The highest BCUT2D eigenvalue weighted by molar-refractivity contribution is 6.02. The van der Waals surface area contributed by atoms with E-state index in [-0.39, 0.29) is 36.2 Å². The fraction of sp³-hybridized carbons (Fsp3) is 0.579. The van der Waals surface area contributed by atoms with Crippen molar-refractivity contribution in [3.8, 4) is 5.75 Å². The molecular formula is C19H26ClN3O3. The van der Waals surface area contributed by atoms with Gasteiger partial charge >= 0.3 is 0 Å². The van der Waals surface area contributed by atoms with Crippen molar-refractivity contribution in [3.63, 3.8) is 0 Å². The molecule has 142 valence electrons. The Labute approximate surface area is 159 Å². The van der Waals surface area contributed by atoms with Gasteiger partial charge in [0.2, 0.25) is 11.8 Å². The average molecular weight is 380 g/mol. The molecule has 2 amide bonds. The second-order valence-electron chi connectivity index (χ2n) is 7.45. The van der Waals surface area contributed by atoms with E-state index in [2.05, 4.69) is 5.32 Å². The fourth-order valence-electron chi connectivity index (χ4n) is 4.90. The van der Waals surface area contributed by atoms with Gasteiger partial charge in [0, 0.05) is 12.6 Å². The Hall–Kier alpha value is -1.79. The van der Waals surface area contributed by atoms with E-state index in [4.69, 9.17) is 10.5 Å². The number of rotatable bonds is 4. The predicted molar refractivity (Wildman–Crippen MR) is 101 cm³/mol. The molecule has 5 unspecified atom stereocenters. The second kappa shape index (κ2) is 7.45. The first-order chi connectivity index (χ1) is 12.1. The quantitative estimate of drug-likeness (QED) is 0.834. The molecule has 3 aliphatic rings. The fourth-order valence-corrected chi connectivity index (χ4v) is 4.90. The number of anilines is 1. The number of ether oxygens (including phenoxy) is 1. The summed E-state index contributed by atoms with van der Waals surface area (Å²) in [5.41, 5.74) is 7.01. The van der Waals surface area contributed by atoms with Crippen molar-refractivity contribution in [2.24, 2.45) is 23.5 Å². The molecule has 3 N–H and O–H groups in total. The molecule has 0 spiro atoms. The number of methoxy groups -OCH3 is 1. The molecule has 1 saturated heterocycles. The summed E-state index contributed by atoms with van der Waals surface area (Å²) in [5, 5.41) is 2.97. The minimum Gasteiger partial charge on any atom is -0.495 e. The normalized spacial score (nSPS) is 32.5. The first-order valence-electron chi connectivity index (χ1n) is 9.10. The Balaban J connectivity index is 0.00000196. The number of halogens is 1. The molecule has 7 heteroatoms. The van der Waals surface area contributed by atoms with Gasteiger partial charge in [-0.25, -0.2) is 0 Å². The molecule has 1 aliphatic heterocycles. The highest BCUT2D eigenvalue weighted by Gasteiger charge is 2.50. The van der Waals surface area contributed by atoms with Crippen LogP contribution in [0.15, 0.2) is 24.3 Å². The van der Waals surface area contributed by atoms with Crippen molar-refractivity contribution in [2.75, 3.05) is 18.6 Å². The molecule has 3 fully saturated rings. The lowest BCUT2D eigenvalue weighted by Gasteiger charge is -2.28. The number of nitrogens with two attached hydrogens (primary N) is 1. The molecule has 1 aromatic rings. The lowest BCUT2D eigenvalue weighted by Crippen LogP contribution is -2.50. The molecule has 2 saturated carbocycles. The van der Waals surface area contributed by atoms with E-state index in [1.54, 1.807) is 12.0 Å². The Kier molecular flexibility index (Phi) is 5.44. The monoisotopic (exact) mass is 379 g/mol. The maximum absolute atomic E-state index is 12.8. The third-order valence-electron chi connectivity index (χ3n) is 6.18. The maximum Gasteiger partial charge on any atom is 0.249 e. The number of nitrogens with one attached hydrogen (secondary N) is 1. The molecular weight excluding hydrogens is 354 g/mol. The smallest absolute Gasteiger partial charge is 0.249 e. The predicted octanol–water partition coefficient (Wildman–Crippen LogP) is 1.71. The van der Waals surface area contributed by atoms with Crippen molar-refractivity contribution in [2.45, 2.75) is 37.8 Å². The third-order valence-corrected chi connectivity index (χ3v) is 6.18. The first kappa shape index (κ1) is 19.0. The molecule has 2 aliphatic carbocycles. The zero-order valence-corrected chi connectivity index (χ0v) is 15.7. The number of fused-ring (bicyclic) bond motifs is 2. The standard InChI is InChI=1S/C19H25N3O3.ClH/c1-25-15-5-3-2-4-14(15)22-9-8-13(19(22)24)21-18(23)16-11-6-7-12(10-11)17(16)20;/h2-5,11-13,16-17H,6-10,20H2,1H3,(H,21,23);1H. The minimum atomic E-state index is -0.469. The van der Waals surface area contributed by atoms with E-state index in [1.165, 1.54) is 0 Å². The second-order valence-corrected chi connectivity index (χ2v) is 7.45. The van der Waals surface area contributed by atoms with E-state index in [0.29, 0.717) is 30.6 Å². The largest absolute Gasteiger partial charge is 0.495 e.